The first kappa shape index (κ1) is 15.9. The van der Waals surface area contributed by atoms with E-state index in [1.54, 1.807) is 7.11 Å². The maximum atomic E-state index is 5.56. The molecule has 18 heavy (non-hydrogen) atoms. The van der Waals surface area contributed by atoms with Crippen LogP contribution in [0.3, 0.4) is 0 Å². The predicted molar refractivity (Wildman–Crippen MR) is 75.0 cm³/mol. The summed E-state index contributed by atoms with van der Waals surface area (Å²) in [6, 6.07) is 0.683. The monoisotopic (exact) mass is 258 g/mol. The summed E-state index contributed by atoms with van der Waals surface area (Å²) >= 11 is 0. The molecular formula is C14H30N2O2. The lowest BCUT2D eigenvalue weighted by molar-refractivity contribution is 0.0541. The standard InChI is InChI=1S/C14H30N2O2/c1-13(2)11-16(7-8-18-10-9-17-3)12-14-5-4-6-15-14/h13-15H,4-12H2,1-3H3. The van der Waals surface area contributed by atoms with Crippen LogP contribution in [0.2, 0.25) is 0 Å². The zero-order valence-corrected chi connectivity index (χ0v) is 12.3. The first-order valence-electron chi connectivity index (χ1n) is 7.24. The Morgan fingerprint density at radius 3 is 2.72 bits per heavy atom. The lowest BCUT2D eigenvalue weighted by Crippen LogP contribution is -2.41. The maximum Gasteiger partial charge on any atom is 0.0700 e. The fraction of sp³-hybridized carbons (Fsp3) is 1.00. The normalized spacial score (nSPS) is 20.2. The van der Waals surface area contributed by atoms with Gasteiger partial charge in [-0.2, -0.15) is 0 Å². The molecule has 0 spiro atoms. The van der Waals surface area contributed by atoms with Crippen molar-refractivity contribution in [3.05, 3.63) is 0 Å². The van der Waals surface area contributed by atoms with Crippen LogP contribution < -0.4 is 5.32 Å². The number of nitrogens with zero attached hydrogens (tertiary/aromatic N) is 1. The van der Waals surface area contributed by atoms with E-state index in [2.05, 4.69) is 24.1 Å². The number of nitrogens with one attached hydrogen (secondary N) is 1. The van der Waals surface area contributed by atoms with E-state index < -0.39 is 0 Å². The Morgan fingerprint density at radius 2 is 2.11 bits per heavy atom. The Labute approximate surface area is 112 Å². The smallest absolute Gasteiger partial charge is 0.0700 e. The van der Waals surface area contributed by atoms with Crippen molar-refractivity contribution < 1.29 is 9.47 Å². The molecule has 0 aromatic heterocycles. The molecule has 1 rings (SSSR count). The zero-order valence-electron chi connectivity index (χ0n) is 12.3. The van der Waals surface area contributed by atoms with Crippen molar-refractivity contribution in [2.75, 3.05) is 53.1 Å². The van der Waals surface area contributed by atoms with Crippen LogP contribution in [-0.4, -0.2) is 64.1 Å². The highest BCUT2D eigenvalue weighted by Gasteiger charge is 2.18. The van der Waals surface area contributed by atoms with Gasteiger partial charge in [0.15, 0.2) is 0 Å². The fourth-order valence-electron chi connectivity index (χ4n) is 2.44. The Hall–Kier alpha value is -0.160. The van der Waals surface area contributed by atoms with E-state index >= 15 is 0 Å². The molecule has 1 aliphatic rings. The van der Waals surface area contributed by atoms with Gasteiger partial charge < -0.3 is 14.8 Å². The summed E-state index contributed by atoms with van der Waals surface area (Å²) in [5, 5.41) is 3.57. The van der Waals surface area contributed by atoms with Gasteiger partial charge in [-0.3, -0.25) is 4.90 Å². The number of rotatable bonds is 10. The van der Waals surface area contributed by atoms with Crippen LogP contribution >= 0.6 is 0 Å². The molecular weight excluding hydrogens is 228 g/mol. The summed E-state index contributed by atoms with van der Waals surface area (Å²) in [5.41, 5.74) is 0. The summed E-state index contributed by atoms with van der Waals surface area (Å²) in [6.45, 7) is 11.3. The minimum atomic E-state index is 0.683. The number of hydrogen-bond acceptors (Lipinski definition) is 4. The molecule has 0 amide bonds. The molecule has 108 valence electrons. The predicted octanol–water partition coefficient (Wildman–Crippen LogP) is 1.36. The third kappa shape index (κ3) is 7.31. The summed E-state index contributed by atoms with van der Waals surface area (Å²) in [5.74, 6) is 0.713. The van der Waals surface area contributed by atoms with E-state index in [0.29, 0.717) is 25.2 Å². The average molecular weight is 258 g/mol. The number of methoxy groups -OCH3 is 1. The second-order valence-electron chi connectivity index (χ2n) is 5.55. The van der Waals surface area contributed by atoms with Crippen LogP contribution in [0.4, 0.5) is 0 Å². The van der Waals surface area contributed by atoms with Gasteiger partial charge in [-0.05, 0) is 25.3 Å². The first-order chi connectivity index (χ1) is 8.72. The number of hydrogen-bond donors (Lipinski definition) is 1. The maximum absolute atomic E-state index is 5.56. The SMILES string of the molecule is COCCOCCN(CC(C)C)CC1CCCN1. The molecule has 1 saturated heterocycles. The van der Waals surface area contributed by atoms with Crippen molar-refractivity contribution in [3.8, 4) is 0 Å². The lowest BCUT2D eigenvalue weighted by atomic mass is 10.1. The van der Waals surface area contributed by atoms with Gasteiger partial charge in [-0.1, -0.05) is 13.8 Å². The van der Waals surface area contributed by atoms with Crippen molar-refractivity contribution in [1.29, 1.82) is 0 Å². The molecule has 1 aliphatic heterocycles. The summed E-state index contributed by atoms with van der Waals surface area (Å²) in [7, 11) is 1.71. The molecule has 1 heterocycles. The molecule has 0 saturated carbocycles. The van der Waals surface area contributed by atoms with E-state index in [1.165, 1.54) is 19.4 Å². The molecule has 4 nitrogen and oxygen atoms in total. The van der Waals surface area contributed by atoms with E-state index in [-0.39, 0.29) is 0 Å². The van der Waals surface area contributed by atoms with Gasteiger partial charge in [0.1, 0.15) is 0 Å². The zero-order chi connectivity index (χ0) is 13.2. The van der Waals surface area contributed by atoms with E-state index in [0.717, 1.165) is 26.2 Å². The summed E-state index contributed by atoms with van der Waals surface area (Å²) < 4.78 is 10.5. The van der Waals surface area contributed by atoms with E-state index in [1.807, 2.05) is 0 Å². The minimum absolute atomic E-state index is 0.683. The van der Waals surface area contributed by atoms with Crippen molar-refractivity contribution in [3.63, 3.8) is 0 Å². The van der Waals surface area contributed by atoms with Gasteiger partial charge in [0, 0.05) is 32.8 Å². The van der Waals surface area contributed by atoms with Crippen LogP contribution in [0.25, 0.3) is 0 Å². The molecule has 0 radical (unpaired) electrons. The van der Waals surface area contributed by atoms with Crippen molar-refractivity contribution in [1.82, 2.24) is 10.2 Å². The number of ether oxygens (including phenoxy) is 2. The Morgan fingerprint density at radius 1 is 1.28 bits per heavy atom. The molecule has 0 aromatic carbocycles. The highest BCUT2D eigenvalue weighted by atomic mass is 16.5. The highest BCUT2D eigenvalue weighted by Crippen LogP contribution is 2.08. The quantitative estimate of drug-likeness (QED) is 0.600. The van der Waals surface area contributed by atoms with Crippen LogP contribution in [-0.2, 0) is 9.47 Å². The van der Waals surface area contributed by atoms with Crippen LogP contribution in [0.15, 0.2) is 0 Å². The van der Waals surface area contributed by atoms with Gasteiger partial charge in [0.05, 0.1) is 19.8 Å². The Bertz CT molecular complexity index is 194. The summed E-state index contributed by atoms with van der Waals surface area (Å²) in [4.78, 5) is 2.53. The Balaban J connectivity index is 2.17. The van der Waals surface area contributed by atoms with E-state index in [9.17, 15) is 0 Å². The average Bonchev–Trinajstić information content (AvgIpc) is 2.80. The van der Waals surface area contributed by atoms with Crippen LogP contribution in [0, 0.1) is 5.92 Å². The molecule has 0 aromatic rings. The largest absolute Gasteiger partial charge is 0.382 e. The lowest BCUT2D eigenvalue weighted by Gasteiger charge is -2.27. The molecule has 1 fully saturated rings. The van der Waals surface area contributed by atoms with Gasteiger partial charge >= 0.3 is 0 Å². The van der Waals surface area contributed by atoms with Crippen LogP contribution in [0.5, 0.6) is 0 Å². The third-order valence-corrected chi connectivity index (χ3v) is 3.25. The highest BCUT2D eigenvalue weighted by molar-refractivity contribution is 4.78. The van der Waals surface area contributed by atoms with E-state index in [4.69, 9.17) is 9.47 Å². The molecule has 1 atom stereocenters. The van der Waals surface area contributed by atoms with Gasteiger partial charge in [0.25, 0.3) is 0 Å². The fourth-order valence-corrected chi connectivity index (χ4v) is 2.44. The molecule has 0 bridgehead atoms. The molecule has 0 aliphatic carbocycles. The second-order valence-corrected chi connectivity index (χ2v) is 5.55. The van der Waals surface area contributed by atoms with Gasteiger partial charge in [0.2, 0.25) is 0 Å². The van der Waals surface area contributed by atoms with Gasteiger partial charge in [-0.15, -0.1) is 0 Å². The van der Waals surface area contributed by atoms with Crippen LogP contribution in [0.1, 0.15) is 26.7 Å². The van der Waals surface area contributed by atoms with Gasteiger partial charge in [-0.25, -0.2) is 0 Å². The molecule has 1 N–H and O–H groups in total. The first-order valence-corrected chi connectivity index (χ1v) is 7.24. The topological polar surface area (TPSA) is 33.7 Å². The third-order valence-electron chi connectivity index (χ3n) is 3.25. The molecule has 1 unspecified atom stereocenters. The van der Waals surface area contributed by atoms with Crippen molar-refractivity contribution in [2.24, 2.45) is 5.92 Å². The summed E-state index contributed by atoms with van der Waals surface area (Å²) in [6.07, 6.45) is 2.64. The van der Waals surface area contributed by atoms with Crippen molar-refractivity contribution in [2.45, 2.75) is 32.7 Å². The van der Waals surface area contributed by atoms with Crippen molar-refractivity contribution >= 4 is 0 Å². The Kier molecular flexibility index (Phi) is 8.59. The molecule has 4 heteroatoms. The minimum Gasteiger partial charge on any atom is -0.382 e. The second kappa shape index (κ2) is 9.73.